The molecule has 4 N–H and O–H groups in total. The van der Waals surface area contributed by atoms with Gasteiger partial charge in [-0.25, -0.2) is 14.4 Å². The molecule has 194 valence electrons. The summed E-state index contributed by atoms with van der Waals surface area (Å²) in [5.74, 6) is -1.16. The first-order chi connectivity index (χ1) is 19.0. The van der Waals surface area contributed by atoms with Gasteiger partial charge in [-0.15, -0.1) is 0 Å². The Morgan fingerprint density at radius 3 is 2.64 bits per heavy atom. The number of aromatic nitrogens is 3. The van der Waals surface area contributed by atoms with Gasteiger partial charge in [-0.1, -0.05) is 35.6 Å². The molecule has 2 amide bonds. The van der Waals surface area contributed by atoms with Crippen LogP contribution in [0.3, 0.4) is 0 Å². The van der Waals surface area contributed by atoms with Gasteiger partial charge >= 0.3 is 0 Å². The number of thiazole rings is 1. The van der Waals surface area contributed by atoms with Crippen LogP contribution in [-0.2, 0) is 13.1 Å². The van der Waals surface area contributed by atoms with E-state index in [1.54, 1.807) is 40.9 Å². The zero-order valence-electron chi connectivity index (χ0n) is 20.3. The molecule has 6 aromatic rings. The van der Waals surface area contributed by atoms with Crippen LogP contribution in [0.4, 0.5) is 9.52 Å². The van der Waals surface area contributed by atoms with E-state index >= 15 is 0 Å². The SMILES string of the molecule is Nc1nc2ccc(CNC(=O)c3cccn4c(C(=O)NCc5ccccc5F)c(-c5ccsc5)nc34)cc2s1. The van der Waals surface area contributed by atoms with Gasteiger partial charge in [0.15, 0.2) is 10.8 Å². The number of thiophene rings is 1. The number of benzene rings is 2. The quantitative estimate of drug-likeness (QED) is 0.248. The van der Waals surface area contributed by atoms with Crippen molar-refractivity contribution in [2.45, 2.75) is 13.1 Å². The van der Waals surface area contributed by atoms with E-state index in [1.165, 1.54) is 28.7 Å². The van der Waals surface area contributed by atoms with E-state index in [2.05, 4.69) is 15.6 Å². The highest BCUT2D eigenvalue weighted by Gasteiger charge is 2.24. The maximum Gasteiger partial charge on any atom is 0.270 e. The molecule has 0 atom stereocenters. The molecule has 0 unspecified atom stereocenters. The summed E-state index contributed by atoms with van der Waals surface area (Å²) in [6, 6.07) is 17.2. The smallest absolute Gasteiger partial charge is 0.270 e. The number of nitrogens with two attached hydrogens (primary N) is 1. The van der Waals surface area contributed by atoms with Gasteiger partial charge in [-0.3, -0.25) is 14.0 Å². The number of amides is 2. The summed E-state index contributed by atoms with van der Waals surface area (Å²) < 4.78 is 16.7. The monoisotopic (exact) mass is 556 g/mol. The van der Waals surface area contributed by atoms with E-state index in [9.17, 15) is 14.0 Å². The van der Waals surface area contributed by atoms with E-state index in [4.69, 9.17) is 10.7 Å². The zero-order valence-corrected chi connectivity index (χ0v) is 22.0. The molecular formula is C28H21FN6O2S2. The van der Waals surface area contributed by atoms with E-state index in [0.29, 0.717) is 34.1 Å². The number of nitrogen functional groups attached to an aromatic ring is 1. The van der Waals surface area contributed by atoms with Crippen LogP contribution in [0.1, 0.15) is 32.0 Å². The Kier molecular flexibility index (Phi) is 6.51. The number of hydrogen-bond donors (Lipinski definition) is 3. The minimum Gasteiger partial charge on any atom is -0.375 e. The summed E-state index contributed by atoms with van der Waals surface area (Å²) in [6.45, 7) is 0.305. The second-order valence-corrected chi connectivity index (χ2v) is 10.6. The van der Waals surface area contributed by atoms with Crippen LogP contribution in [0.5, 0.6) is 0 Å². The first-order valence-electron chi connectivity index (χ1n) is 12.0. The van der Waals surface area contributed by atoms with Crippen LogP contribution in [0.2, 0.25) is 0 Å². The molecular weight excluding hydrogens is 535 g/mol. The fourth-order valence-electron chi connectivity index (χ4n) is 4.34. The predicted octanol–water partition coefficient (Wildman–Crippen LogP) is 5.25. The standard InChI is InChI=1S/C28H21FN6O2S2/c29-20-6-2-1-4-17(20)14-32-27(37)24-23(18-9-11-38-15-18)34-25-19(5-3-10-35(24)25)26(36)31-13-16-7-8-21-22(12-16)39-28(30)33-21/h1-12,15H,13-14H2,(H2,30,33)(H,31,36)(H,32,37). The molecule has 0 aliphatic rings. The van der Waals surface area contributed by atoms with Crippen LogP contribution in [0, 0.1) is 5.82 Å². The molecule has 0 saturated heterocycles. The average Bonchev–Trinajstić information content (AvgIpc) is 3.68. The van der Waals surface area contributed by atoms with Gasteiger partial charge in [0, 0.05) is 35.8 Å². The van der Waals surface area contributed by atoms with E-state index in [-0.39, 0.29) is 18.1 Å². The van der Waals surface area contributed by atoms with Crippen LogP contribution in [-0.4, -0.2) is 26.2 Å². The van der Waals surface area contributed by atoms with Crippen molar-refractivity contribution in [3.8, 4) is 11.3 Å². The lowest BCUT2D eigenvalue weighted by molar-refractivity contribution is 0.0937. The van der Waals surface area contributed by atoms with Crippen molar-refractivity contribution >= 4 is 55.5 Å². The molecule has 39 heavy (non-hydrogen) atoms. The van der Waals surface area contributed by atoms with Gasteiger partial charge in [-0.05, 0) is 47.3 Å². The summed E-state index contributed by atoms with van der Waals surface area (Å²) in [6.07, 6.45) is 1.69. The van der Waals surface area contributed by atoms with Gasteiger partial charge < -0.3 is 16.4 Å². The third kappa shape index (κ3) is 4.85. The van der Waals surface area contributed by atoms with Gasteiger partial charge in [0.2, 0.25) is 0 Å². The topological polar surface area (TPSA) is 114 Å². The summed E-state index contributed by atoms with van der Waals surface area (Å²) in [7, 11) is 0. The summed E-state index contributed by atoms with van der Waals surface area (Å²) in [5, 5.41) is 10.0. The van der Waals surface area contributed by atoms with Crippen molar-refractivity contribution in [1.82, 2.24) is 25.0 Å². The third-order valence-corrected chi connectivity index (χ3v) is 7.75. The molecule has 0 fully saturated rings. The maximum atomic E-state index is 14.1. The lowest BCUT2D eigenvalue weighted by Crippen LogP contribution is -2.26. The molecule has 0 aliphatic heterocycles. The number of imidazole rings is 1. The van der Waals surface area contributed by atoms with Crippen molar-refractivity contribution < 1.29 is 14.0 Å². The van der Waals surface area contributed by atoms with E-state index in [0.717, 1.165) is 21.3 Å². The van der Waals surface area contributed by atoms with Gasteiger partial charge in [-0.2, -0.15) is 11.3 Å². The van der Waals surface area contributed by atoms with Gasteiger partial charge in [0.05, 0.1) is 15.8 Å². The van der Waals surface area contributed by atoms with Crippen LogP contribution in [0.25, 0.3) is 27.1 Å². The number of carbonyl (C=O) groups is 2. The summed E-state index contributed by atoms with van der Waals surface area (Å²) in [5.41, 5.74) is 10.0. The number of hydrogen-bond acceptors (Lipinski definition) is 7. The van der Waals surface area contributed by atoms with Crippen molar-refractivity contribution in [1.29, 1.82) is 0 Å². The highest BCUT2D eigenvalue weighted by molar-refractivity contribution is 7.22. The number of carbonyl (C=O) groups excluding carboxylic acids is 2. The third-order valence-electron chi connectivity index (χ3n) is 6.22. The second-order valence-electron chi connectivity index (χ2n) is 8.75. The number of nitrogens with one attached hydrogen (secondary N) is 2. The van der Waals surface area contributed by atoms with Gasteiger partial charge in [0.1, 0.15) is 17.2 Å². The minimum absolute atomic E-state index is 0.0117. The number of rotatable bonds is 7. The second kappa shape index (κ2) is 10.3. The molecule has 2 aromatic carbocycles. The lowest BCUT2D eigenvalue weighted by Gasteiger charge is -2.09. The van der Waals surface area contributed by atoms with Crippen molar-refractivity contribution in [2.24, 2.45) is 0 Å². The predicted molar refractivity (Wildman–Crippen MR) is 151 cm³/mol. The number of fused-ring (bicyclic) bond motifs is 2. The molecule has 4 heterocycles. The molecule has 0 aliphatic carbocycles. The van der Waals surface area contributed by atoms with Crippen LogP contribution >= 0.6 is 22.7 Å². The molecule has 11 heteroatoms. The number of pyridine rings is 1. The van der Waals surface area contributed by atoms with Crippen molar-refractivity contribution in [2.75, 3.05) is 5.73 Å². The molecule has 0 spiro atoms. The molecule has 6 rings (SSSR count). The Labute approximate surface area is 230 Å². The van der Waals surface area contributed by atoms with E-state index < -0.39 is 11.7 Å². The Hall–Kier alpha value is -4.61. The normalized spacial score (nSPS) is 11.2. The highest BCUT2D eigenvalue weighted by Crippen LogP contribution is 2.28. The first kappa shape index (κ1) is 24.7. The fraction of sp³-hybridized carbons (Fsp3) is 0.0714. The Bertz CT molecular complexity index is 1840. The van der Waals surface area contributed by atoms with Gasteiger partial charge in [0.25, 0.3) is 11.8 Å². The van der Waals surface area contributed by atoms with E-state index in [1.807, 2.05) is 35.0 Å². The number of anilines is 1. The summed E-state index contributed by atoms with van der Waals surface area (Å²) >= 11 is 2.86. The minimum atomic E-state index is -0.429. The van der Waals surface area contributed by atoms with Crippen LogP contribution < -0.4 is 16.4 Å². The van der Waals surface area contributed by atoms with Crippen LogP contribution in [0.15, 0.2) is 77.6 Å². The lowest BCUT2D eigenvalue weighted by atomic mass is 10.1. The first-order valence-corrected chi connectivity index (χ1v) is 13.7. The molecule has 4 aromatic heterocycles. The average molecular weight is 557 g/mol. The Balaban J connectivity index is 1.31. The highest BCUT2D eigenvalue weighted by atomic mass is 32.1. The zero-order chi connectivity index (χ0) is 26.9. The Morgan fingerprint density at radius 1 is 0.974 bits per heavy atom. The summed E-state index contributed by atoms with van der Waals surface area (Å²) in [4.78, 5) is 35.7. The maximum absolute atomic E-state index is 14.1. The number of halogens is 1. The number of nitrogens with zero attached hydrogens (tertiary/aromatic N) is 3. The largest absolute Gasteiger partial charge is 0.375 e. The molecule has 8 nitrogen and oxygen atoms in total. The molecule has 0 radical (unpaired) electrons. The molecule has 0 bridgehead atoms. The van der Waals surface area contributed by atoms with Crippen molar-refractivity contribution in [3.63, 3.8) is 0 Å². The Morgan fingerprint density at radius 2 is 1.82 bits per heavy atom. The molecule has 0 saturated carbocycles. The van der Waals surface area contributed by atoms with Crippen molar-refractivity contribution in [3.05, 3.63) is 106 Å². The fourth-order valence-corrected chi connectivity index (χ4v) is 5.78.